The average Bonchev–Trinajstić information content (AvgIpc) is 2.15. The Hall–Kier alpha value is -1.18. The highest BCUT2D eigenvalue weighted by atomic mass is 16.4. The highest BCUT2D eigenvalue weighted by molar-refractivity contribution is 5.73. The summed E-state index contributed by atoms with van der Waals surface area (Å²) in [6.45, 7) is 0.497. The Morgan fingerprint density at radius 1 is 1.60 bits per heavy atom. The van der Waals surface area contributed by atoms with Gasteiger partial charge in [0.15, 0.2) is 0 Å². The van der Waals surface area contributed by atoms with E-state index in [-0.39, 0.29) is 5.96 Å². The summed E-state index contributed by atoms with van der Waals surface area (Å²) in [5.41, 5.74) is 6.57. The number of hydrogen-bond acceptors (Lipinski definition) is 4. The smallest absolute Gasteiger partial charge is 0.320 e. The van der Waals surface area contributed by atoms with E-state index in [0.29, 0.717) is 19.4 Å². The Labute approximate surface area is 89.1 Å². The Bertz CT molecular complexity index is 229. The molecule has 0 bridgehead atoms. The van der Waals surface area contributed by atoms with Crippen molar-refractivity contribution < 1.29 is 15.3 Å². The van der Waals surface area contributed by atoms with Gasteiger partial charge >= 0.3 is 11.9 Å². The monoisotopic (exact) mass is 218 g/mol. The predicted octanol–water partition coefficient (Wildman–Crippen LogP) is -2.47. The topological polar surface area (TPSA) is 122 Å². The minimum atomic E-state index is -0.817. The lowest BCUT2D eigenvalue weighted by Crippen LogP contribution is -2.97. The van der Waals surface area contributed by atoms with E-state index in [1.165, 1.54) is 5.43 Å². The van der Waals surface area contributed by atoms with Crippen LogP contribution in [0.5, 0.6) is 0 Å². The van der Waals surface area contributed by atoms with Crippen molar-refractivity contribution in [1.29, 1.82) is 0 Å². The number of aliphatic carboxylic acids is 1. The fourth-order valence-corrected chi connectivity index (χ4v) is 1.15. The van der Waals surface area contributed by atoms with Gasteiger partial charge in [-0.1, -0.05) is 0 Å². The first-order valence-corrected chi connectivity index (χ1v) is 4.73. The quantitative estimate of drug-likeness (QED) is 0.129. The van der Waals surface area contributed by atoms with Crippen molar-refractivity contribution in [3.63, 3.8) is 0 Å². The van der Waals surface area contributed by atoms with Crippen molar-refractivity contribution in [3.8, 4) is 0 Å². The van der Waals surface area contributed by atoms with Crippen LogP contribution < -0.4 is 17.0 Å². The van der Waals surface area contributed by atoms with Gasteiger partial charge in [-0.3, -0.25) is 9.69 Å². The van der Waals surface area contributed by atoms with E-state index in [9.17, 15) is 4.79 Å². The Morgan fingerprint density at radius 3 is 2.60 bits per heavy atom. The number of likely N-dealkylation sites (N-methyl/N-ethyl adjacent to an activating group) is 1. The minimum Gasteiger partial charge on any atom is -0.480 e. The maximum Gasteiger partial charge on any atom is 0.320 e. The molecule has 1 unspecified atom stereocenters. The second-order valence-corrected chi connectivity index (χ2v) is 3.43. The van der Waals surface area contributed by atoms with Crippen molar-refractivity contribution in [2.24, 2.45) is 16.6 Å². The fourth-order valence-electron chi connectivity index (χ4n) is 1.15. The van der Waals surface area contributed by atoms with Crippen LogP contribution in [0.1, 0.15) is 12.8 Å². The minimum absolute atomic E-state index is 0.284. The molecule has 0 saturated heterocycles. The lowest BCUT2D eigenvalue weighted by atomic mass is 10.1. The fraction of sp³-hybridized carbons (Fsp3) is 0.750. The van der Waals surface area contributed by atoms with Gasteiger partial charge in [0.2, 0.25) is 0 Å². The molecule has 0 aliphatic carbocycles. The lowest BCUT2D eigenvalue weighted by molar-refractivity contribution is -0.554. The third-order valence-corrected chi connectivity index (χ3v) is 2.01. The number of rotatable bonds is 6. The van der Waals surface area contributed by atoms with E-state index in [2.05, 4.69) is 4.99 Å². The van der Waals surface area contributed by atoms with Crippen LogP contribution in [0.4, 0.5) is 0 Å². The molecule has 0 aromatic rings. The molecular formula is C8H20N5O2+. The van der Waals surface area contributed by atoms with Crippen molar-refractivity contribution in [1.82, 2.24) is 4.90 Å². The van der Waals surface area contributed by atoms with Gasteiger partial charge in [0.1, 0.15) is 6.04 Å². The van der Waals surface area contributed by atoms with Gasteiger partial charge in [0, 0.05) is 6.54 Å². The van der Waals surface area contributed by atoms with Gasteiger partial charge in [-0.05, 0) is 26.9 Å². The van der Waals surface area contributed by atoms with Gasteiger partial charge < -0.3 is 10.8 Å². The largest absolute Gasteiger partial charge is 0.480 e. The van der Waals surface area contributed by atoms with E-state index in [1.807, 2.05) is 0 Å². The number of aliphatic imine (C=N–C) groups is 1. The van der Waals surface area contributed by atoms with E-state index in [4.69, 9.17) is 16.7 Å². The summed E-state index contributed by atoms with van der Waals surface area (Å²) in [5, 5.41) is 8.87. The number of nitrogens with zero attached hydrogens (tertiary/aromatic N) is 2. The van der Waals surface area contributed by atoms with Crippen LogP contribution in [-0.4, -0.2) is 48.6 Å². The summed E-state index contributed by atoms with van der Waals surface area (Å²) in [4.78, 5) is 16.4. The van der Waals surface area contributed by atoms with Crippen LogP contribution in [0, 0.1) is 0 Å². The van der Waals surface area contributed by atoms with Crippen molar-refractivity contribution in [3.05, 3.63) is 0 Å². The molecule has 7 N–H and O–H groups in total. The normalized spacial score (nSPS) is 14.3. The number of carboxylic acid groups (broad SMARTS) is 1. The molecule has 0 aliphatic rings. The SMILES string of the molecule is CN(C)C(CCCN=C(N)[NH2+]N)C(=O)O. The molecule has 0 fully saturated rings. The van der Waals surface area contributed by atoms with Crippen LogP contribution in [0.3, 0.4) is 0 Å². The van der Waals surface area contributed by atoms with Crippen LogP contribution in [0.15, 0.2) is 4.99 Å². The molecule has 0 spiro atoms. The summed E-state index contributed by atoms with van der Waals surface area (Å²) in [6, 6.07) is -0.469. The highest BCUT2D eigenvalue weighted by Crippen LogP contribution is 2.03. The van der Waals surface area contributed by atoms with Crippen LogP contribution in [-0.2, 0) is 4.79 Å². The molecule has 0 aromatic carbocycles. The molecule has 7 nitrogen and oxygen atoms in total. The van der Waals surface area contributed by atoms with Crippen LogP contribution in [0.2, 0.25) is 0 Å². The summed E-state index contributed by atoms with van der Waals surface area (Å²) in [6.07, 6.45) is 1.22. The number of carbonyl (C=O) groups is 1. The van der Waals surface area contributed by atoms with E-state index in [0.717, 1.165) is 0 Å². The lowest BCUT2D eigenvalue weighted by Gasteiger charge is -2.19. The van der Waals surface area contributed by atoms with E-state index < -0.39 is 12.0 Å². The Balaban J connectivity index is 3.87. The third kappa shape index (κ3) is 6.00. The average molecular weight is 218 g/mol. The summed E-state index contributed by atoms with van der Waals surface area (Å²) >= 11 is 0. The van der Waals surface area contributed by atoms with Crippen LogP contribution >= 0.6 is 0 Å². The third-order valence-electron chi connectivity index (χ3n) is 2.01. The second kappa shape index (κ2) is 7.16. The van der Waals surface area contributed by atoms with E-state index in [1.54, 1.807) is 19.0 Å². The molecule has 0 radical (unpaired) electrons. The summed E-state index contributed by atoms with van der Waals surface area (Å²) in [7, 11) is 3.48. The zero-order valence-corrected chi connectivity index (χ0v) is 9.18. The number of carboxylic acids is 1. The van der Waals surface area contributed by atoms with Crippen LogP contribution in [0.25, 0.3) is 0 Å². The van der Waals surface area contributed by atoms with Gasteiger partial charge in [0.25, 0.3) is 0 Å². The number of hydrogen-bond donors (Lipinski definition) is 4. The standard InChI is InChI=1S/C8H19N5O2/c1-13(2)6(7(14)15)4-3-5-11-8(9)12-10/h6H,3-5,10H2,1-2H3,(H,14,15)(H3,9,11,12)/p+1. The zero-order chi connectivity index (χ0) is 11.8. The van der Waals surface area contributed by atoms with E-state index >= 15 is 0 Å². The Kier molecular flexibility index (Phi) is 6.59. The first-order valence-electron chi connectivity index (χ1n) is 4.73. The summed E-state index contributed by atoms with van der Waals surface area (Å²) < 4.78 is 0. The highest BCUT2D eigenvalue weighted by Gasteiger charge is 2.18. The molecule has 1 atom stereocenters. The molecular weight excluding hydrogens is 198 g/mol. The molecule has 15 heavy (non-hydrogen) atoms. The molecule has 0 aromatic heterocycles. The molecule has 0 amide bonds. The van der Waals surface area contributed by atoms with Gasteiger partial charge in [-0.15, -0.1) is 0 Å². The molecule has 0 heterocycles. The number of nitrogens with two attached hydrogens (primary N) is 3. The van der Waals surface area contributed by atoms with Crippen molar-refractivity contribution >= 4 is 11.9 Å². The number of guanidine groups is 1. The Morgan fingerprint density at radius 2 is 2.20 bits per heavy atom. The molecule has 0 rings (SSSR count). The molecule has 0 aliphatic heterocycles. The van der Waals surface area contributed by atoms with Crippen molar-refractivity contribution in [2.75, 3.05) is 20.6 Å². The van der Waals surface area contributed by atoms with Crippen molar-refractivity contribution in [2.45, 2.75) is 18.9 Å². The predicted molar refractivity (Wildman–Crippen MR) is 56.9 cm³/mol. The molecule has 88 valence electrons. The second-order valence-electron chi connectivity index (χ2n) is 3.43. The molecule has 0 saturated carbocycles. The summed E-state index contributed by atoms with van der Waals surface area (Å²) in [5.74, 6) is 4.59. The van der Waals surface area contributed by atoms with Gasteiger partial charge in [-0.25, -0.2) is 10.4 Å². The maximum atomic E-state index is 10.8. The first kappa shape index (κ1) is 13.8. The van der Waals surface area contributed by atoms with Gasteiger partial charge in [-0.2, -0.15) is 5.84 Å². The number of quaternary nitrogens is 1. The maximum absolute atomic E-state index is 10.8. The first-order chi connectivity index (χ1) is 6.99. The van der Waals surface area contributed by atoms with Gasteiger partial charge in [0.05, 0.1) is 0 Å². The zero-order valence-electron chi connectivity index (χ0n) is 9.18. The molecule has 7 heteroatoms.